The molecule has 3 aromatic rings. The molecule has 1 aromatic heterocycles. The first-order valence-electron chi connectivity index (χ1n) is 12.4. The van der Waals surface area contributed by atoms with Crippen LogP contribution in [0.3, 0.4) is 0 Å². The van der Waals surface area contributed by atoms with Crippen molar-refractivity contribution in [2.24, 2.45) is 0 Å². The minimum absolute atomic E-state index is 0.0582. The van der Waals surface area contributed by atoms with E-state index in [-0.39, 0.29) is 18.4 Å². The average Bonchev–Trinajstić information content (AvgIpc) is 3.68. The van der Waals surface area contributed by atoms with Gasteiger partial charge in [0.05, 0.1) is 33.1 Å². The minimum atomic E-state index is -1.14. The number of ether oxygens (including phenoxy) is 3. The van der Waals surface area contributed by atoms with Crippen molar-refractivity contribution in [1.82, 2.24) is 10.6 Å². The van der Waals surface area contributed by atoms with Crippen molar-refractivity contribution in [3.05, 3.63) is 77.2 Å². The van der Waals surface area contributed by atoms with E-state index in [2.05, 4.69) is 10.6 Å². The summed E-state index contributed by atoms with van der Waals surface area (Å²) >= 11 is 6.28. The molecule has 1 saturated heterocycles. The number of nitrogens with one attached hydrogen (secondary N) is 2. The van der Waals surface area contributed by atoms with Gasteiger partial charge >= 0.3 is 0 Å². The Morgan fingerprint density at radius 1 is 1.05 bits per heavy atom. The van der Waals surface area contributed by atoms with Gasteiger partial charge in [-0.15, -0.1) is 0 Å². The summed E-state index contributed by atoms with van der Waals surface area (Å²) in [5.74, 6) is -0.650. The smallest absolute Gasteiger partial charge is 0.287 e. The number of nitrogens with zero attached hydrogens (tertiary/aromatic N) is 1. The third-order valence-electron chi connectivity index (χ3n) is 6.26. The topological polar surface area (TPSA) is 119 Å². The van der Waals surface area contributed by atoms with E-state index in [1.165, 1.54) is 31.4 Å². The first-order chi connectivity index (χ1) is 18.9. The van der Waals surface area contributed by atoms with Crippen LogP contribution in [-0.4, -0.2) is 57.7 Å². The maximum Gasteiger partial charge on any atom is 0.287 e. The number of hydrogen-bond acceptors (Lipinski definition) is 7. The Hall–Kier alpha value is -4.02. The number of methoxy groups -OCH3 is 2. The highest BCUT2D eigenvalue weighted by Crippen LogP contribution is 2.35. The zero-order chi connectivity index (χ0) is 27.8. The second kappa shape index (κ2) is 13.2. The monoisotopic (exact) mass is 555 g/mol. The lowest BCUT2D eigenvalue weighted by Gasteiger charge is -2.32. The maximum absolute atomic E-state index is 13.8. The van der Waals surface area contributed by atoms with Crippen molar-refractivity contribution >= 4 is 35.0 Å². The van der Waals surface area contributed by atoms with Gasteiger partial charge in [0.25, 0.3) is 5.91 Å². The largest absolute Gasteiger partial charge is 0.493 e. The average molecular weight is 556 g/mol. The van der Waals surface area contributed by atoms with Gasteiger partial charge in [0, 0.05) is 23.9 Å². The second-order valence-electron chi connectivity index (χ2n) is 8.80. The normalized spacial score (nSPS) is 15.3. The van der Waals surface area contributed by atoms with Crippen LogP contribution in [0.2, 0.25) is 5.02 Å². The molecule has 2 N–H and O–H groups in total. The maximum atomic E-state index is 13.8. The number of furan rings is 1. The van der Waals surface area contributed by atoms with Crippen LogP contribution in [0.1, 0.15) is 35.0 Å². The van der Waals surface area contributed by atoms with Gasteiger partial charge < -0.3 is 29.3 Å². The number of rotatable bonds is 11. The van der Waals surface area contributed by atoms with Gasteiger partial charge in [-0.05, 0) is 60.9 Å². The van der Waals surface area contributed by atoms with E-state index in [1.54, 1.807) is 48.5 Å². The molecule has 3 amide bonds. The van der Waals surface area contributed by atoms with E-state index in [9.17, 15) is 14.4 Å². The zero-order valence-corrected chi connectivity index (χ0v) is 22.4. The molecule has 1 fully saturated rings. The summed E-state index contributed by atoms with van der Waals surface area (Å²) in [5, 5.41) is 5.86. The van der Waals surface area contributed by atoms with Crippen LogP contribution >= 0.6 is 11.6 Å². The summed E-state index contributed by atoms with van der Waals surface area (Å²) in [5.41, 5.74) is 0.829. The quantitative estimate of drug-likeness (QED) is 0.370. The van der Waals surface area contributed by atoms with Gasteiger partial charge in [-0.2, -0.15) is 0 Å². The first kappa shape index (κ1) is 28.0. The van der Waals surface area contributed by atoms with Crippen molar-refractivity contribution in [3.8, 4) is 11.5 Å². The highest BCUT2D eigenvalue weighted by molar-refractivity contribution is 6.31. The molecule has 0 spiro atoms. The van der Waals surface area contributed by atoms with Crippen molar-refractivity contribution in [1.29, 1.82) is 0 Å². The molecule has 0 radical (unpaired) electrons. The van der Waals surface area contributed by atoms with Gasteiger partial charge in [0.1, 0.15) is 6.04 Å². The number of halogens is 1. The van der Waals surface area contributed by atoms with Gasteiger partial charge in [-0.3, -0.25) is 19.3 Å². The lowest BCUT2D eigenvalue weighted by molar-refractivity contribution is -0.126. The molecule has 4 rings (SSSR count). The Bertz CT molecular complexity index is 1290. The molecule has 0 saturated carbocycles. The fourth-order valence-corrected chi connectivity index (χ4v) is 4.54. The van der Waals surface area contributed by atoms with Crippen LogP contribution < -0.4 is 25.0 Å². The van der Waals surface area contributed by atoms with Crippen LogP contribution in [0.25, 0.3) is 0 Å². The number of benzene rings is 2. The molecule has 2 heterocycles. The first-order valence-corrected chi connectivity index (χ1v) is 12.8. The molecule has 0 aliphatic carbocycles. The molecule has 11 heteroatoms. The van der Waals surface area contributed by atoms with E-state index in [4.69, 9.17) is 30.2 Å². The lowest BCUT2D eigenvalue weighted by Crippen LogP contribution is -2.48. The highest BCUT2D eigenvalue weighted by Gasteiger charge is 2.34. The van der Waals surface area contributed by atoms with E-state index in [0.29, 0.717) is 34.4 Å². The standard InChI is InChI=1S/C28H30ClN3O7/c1-36-22-11-10-18(14-24(22)37-2)26(28(35)30-16-21-8-4-12-38-21)32(20-7-3-6-19(29)15-20)25(33)17-31-27(34)23-9-5-13-39-23/h3,5-7,9-11,13-15,21,26H,4,8,12,16-17H2,1-2H3,(H,30,35)(H,31,34)/t21-,26+/m0/s1. The van der Waals surface area contributed by atoms with Gasteiger partial charge in [-0.1, -0.05) is 23.7 Å². The van der Waals surface area contributed by atoms with Gasteiger partial charge in [0.2, 0.25) is 11.8 Å². The molecule has 0 bridgehead atoms. The minimum Gasteiger partial charge on any atom is -0.493 e. The highest BCUT2D eigenvalue weighted by atomic mass is 35.5. The molecular weight excluding hydrogens is 526 g/mol. The van der Waals surface area contributed by atoms with E-state index in [0.717, 1.165) is 12.8 Å². The molecule has 2 atom stereocenters. The van der Waals surface area contributed by atoms with Crippen LogP contribution in [0.5, 0.6) is 11.5 Å². The van der Waals surface area contributed by atoms with Gasteiger partial charge in [0.15, 0.2) is 17.3 Å². The summed E-state index contributed by atoms with van der Waals surface area (Å²) in [7, 11) is 2.99. The van der Waals surface area contributed by atoms with E-state index in [1.807, 2.05) is 0 Å². The van der Waals surface area contributed by atoms with Crippen molar-refractivity contribution in [3.63, 3.8) is 0 Å². The molecule has 10 nitrogen and oxygen atoms in total. The Labute approximate surface area is 231 Å². The predicted octanol–water partition coefficient (Wildman–Crippen LogP) is 3.75. The van der Waals surface area contributed by atoms with Crippen LogP contribution in [0.4, 0.5) is 5.69 Å². The Kier molecular flexibility index (Phi) is 9.45. The number of carbonyl (C=O) groups excluding carboxylic acids is 3. The Balaban J connectivity index is 1.71. The Morgan fingerprint density at radius 2 is 1.87 bits per heavy atom. The molecular formula is C28H30ClN3O7. The SMILES string of the molecule is COc1ccc([C@H](C(=O)NC[C@@H]2CCCO2)N(C(=O)CNC(=O)c2ccco2)c2cccc(Cl)c2)cc1OC. The van der Waals surface area contributed by atoms with Crippen LogP contribution in [-0.2, 0) is 14.3 Å². The van der Waals surface area contributed by atoms with Crippen LogP contribution in [0.15, 0.2) is 65.3 Å². The molecule has 2 aromatic carbocycles. The number of carbonyl (C=O) groups is 3. The molecule has 1 aliphatic rings. The van der Waals surface area contributed by atoms with Crippen LogP contribution in [0, 0.1) is 0 Å². The Morgan fingerprint density at radius 3 is 2.54 bits per heavy atom. The number of anilines is 1. The third-order valence-corrected chi connectivity index (χ3v) is 6.49. The summed E-state index contributed by atoms with van der Waals surface area (Å²) in [6.45, 7) is 0.520. The summed E-state index contributed by atoms with van der Waals surface area (Å²) in [4.78, 5) is 41.4. The third kappa shape index (κ3) is 6.90. The number of amides is 3. The fourth-order valence-electron chi connectivity index (χ4n) is 4.36. The zero-order valence-electron chi connectivity index (χ0n) is 21.6. The lowest BCUT2D eigenvalue weighted by atomic mass is 10.0. The summed E-state index contributed by atoms with van der Waals surface area (Å²) in [6, 6.07) is 13.5. The summed E-state index contributed by atoms with van der Waals surface area (Å²) in [6.07, 6.45) is 3.00. The number of hydrogen-bond donors (Lipinski definition) is 2. The molecule has 206 valence electrons. The van der Waals surface area contributed by atoms with Gasteiger partial charge in [-0.25, -0.2) is 0 Å². The van der Waals surface area contributed by atoms with Crippen molar-refractivity contribution in [2.45, 2.75) is 25.0 Å². The van der Waals surface area contributed by atoms with E-state index < -0.39 is 30.3 Å². The predicted molar refractivity (Wildman–Crippen MR) is 144 cm³/mol. The van der Waals surface area contributed by atoms with E-state index >= 15 is 0 Å². The summed E-state index contributed by atoms with van der Waals surface area (Å²) < 4.78 is 21.6. The second-order valence-corrected chi connectivity index (χ2v) is 9.24. The molecule has 0 unspecified atom stereocenters. The molecule has 39 heavy (non-hydrogen) atoms. The van der Waals surface area contributed by atoms with Crippen molar-refractivity contribution < 1.29 is 33.0 Å². The fraction of sp³-hybridized carbons (Fsp3) is 0.321. The van der Waals surface area contributed by atoms with Crippen molar-refractivity contribution in [2.75, 3.05) is 38.8 Å². The molecule has 1 aliphatic heterocycles.